The van der Waals surface area contributed by atoms with Crippen molar-refractivity contribution in [3.8, 4) is 0 Å². The lowest BCUT2D eigenvalue weighted by Gasteiger charge is -2.06. The van der Waals surface area contributed by atoms with Gasteiger partial charge in [-0.3, -0.25) is 9.89 Å². The molecular formula is C12H12BrClN4O. The van der Waals surface area contributed by atoms with Crippen molar-refractivity contribution in [3.63, 3.8) is 0 Å². The van der Waals surface area contributed by atoms with Crippen LogP contribution >= 0.6 is 27.5 Å². The number of rotatable bonds is 3. The fourth-order valence-electron chi connectivity index (χ4n) is 1.41. The lowest BCUT2D eigenvalue weighted by atomic mass is 10.2. The van der Waals surface area contributed by atoms with Crippen LogP contribution in [-0.4, -0.2) is 21.1 Å². The molecule has 5 nitrogen and oxygen atoms in total. The Morgan fingerprint density at radius 2 is 2.21 bits per heavy atom. The summed E-state index contributed by atoms with van der Waals surface area (Å²) in [6.07, 6.45) is 0. The summed E-state index contributed by atoms with van der Waals surface area (Å²) >= 11 is 9.27. The fourth-order valence-corrected chi connectivity index (χ4v) is 1.95. The van der Waals surface area contributed by atoms with Crippen LogP contribution in [0.2, 0.25) is 5.02 Å². The van der Waals surface area contributed by atoms with E-state index >= 15 is 0 Å². The zero-order chi connectivity index (χ0) is 14.0. The number of aromatic amines is 1. The number of amides is 1. The van der Waals surface area contributed by atoms with E-state index in [2.05, 4.69) is 36.4 Å². The zero-order valence-electron chi connectivity index (χ0n) is 10.4. The Morgan fingerprint density at radius 3 is 2.84 bits per heavy atom. The van der Waals surface area contributed by atoms with Gasteiger partial charge in [0.2, 0.25) is 5.82 Å². The molecule has 19 heavy (non-hydrogen) atoms. The van der Waals surface area contributed by atoms with Crippen LogP contribution in [0.3, 0.4) is 0 Å². The molecule has 2 rings (SSSR count). The summed E-state index contributed by atoms with van der Waals surface area (Å²) < 4.78 is 0.629. The summed E-state index contributed by atoms with van der Waals surface area (Å²) in [5.74, 6) is 0.587. The van der Waals surface area contributed by atoms with E-state index < -0.39 is 0 Å². The van der Waals surface area contributed by atoms with Crippen molar-refractivity contribution in [1.82, 2.24) is 15.2 Å². The molecule has 0 atom stereocenters. The van der Waals surface area contributed by atoms with Crippen molar-refractivity contribution >= 4 is 39.1 Å². The molecule has 0 radical (unpaired) electrons. The van der Waals surface area contributed by atoms with E-state index in [-0.39, 0.29) is 17.6 Å². The Labute approximate surface area is 123 Å². The number of carbonyl (C=O) groups excluding carboxylic acids is 1. The number of hydrogen-bond acceptors (Lipinski definition) is 3. The summed E-state index contributed by atoms with van der Waals surface area (Å²) in [7, 11) is 0. The minimum atomic E-state index is -0.383. The Kier molecular flexibility index (Phi) is 4.21. The minimum absolute atomic E-state index is 0.107. The van der Waals surface area contributed by atoms with Crippen LogP contribution < -0.4 is 5.32 Å². The average Bonchev–Trinajstić information content (AvgIpc) is 2.84. The number of H-pyrrole nitrogens is 1. The standard InChI is InChI=1S/C12H12BrClN4O/c1-6(2)10-16-11(18-17-10)12(19)15-8-5-3-4-7(14)9(8)13/h3-6H,1-2H3,(H,15,19)(H,16,17,18). The molecule has 1 aromatic heterocycles. The molecule has 2 N–H and O–H groups in total. The van der Waals surface area contributed by atoms with Gasteiger partial charge in [0.05, 0.1) is 15.2 Å². The third kappa shape index (κ3) is 3.13. The molecule has 7 heteroatoms. The van der Waals surface area contributed by atoms with Gasteiger partial charge >= 0.3 is 0 Å². The van der Waals surface area contributed by atoms with E-state index in [1.54, 1.807) is 18.2 Å². The highest BCUT2D eigenvalue weighted by molar-refractivity contribution is 9.10. The zero-order valence-corrected chi connectivity index (χ0v) is 12.7. The molecule has 2 aromatic rings. The SMILES string of the molecule is CC(C)c1nc(C(=O)Nc2cccc(Cl)c2Br)n[nH]1. The number of halogens is 2. The number of carbonyl (C=O) groups is 1. The fraction of sp³-hybridized carbons (Fsp3) is 0.250. The van der Waals surface area contributed by atoms with Crippen LogP contribution in [-0.2, 0) is 0 Å². The van der Waals surface area contributed by atoms with Crippen LogP contribution in [0, 0.1) is 0 Å². The van der Waals surface area contributed by atoms with Crippen molar-refractivity contribution in [2.75, 3.05) is 5.32 Å². The largest absolute Gasteiger partial charge is 0.318 e. The van der Waals surface area contributed by atoms with E-state index in [0.717, 1.165) is 0 Å². The monoisotopic (exact) mass is 342 g/mol. The maximum atomic E-state index is 12.0. The second kappa shape index (κ2) is 5.71. The average molecular weight is 344 g/mol. The molecule has 0 unspecified atom stereocenters. The van der Waals surface area contributed by atoms with Crippen molar-refractivity contribution in [3.05, 3.63) is 39.3 Å². The number of benzene rings is 1. The summed E-state index contributed by atoms with van der Waals surface area (Å²) in [6, 6.07) is 5.22. The van der Waals surface area contributed by atoms with Gasteiger partial charge in [-0.25, -0.2) is 4.98 Å². The highest BCUT2D eigenvalue weighted by Crippen LogP contribution is 2.30. The molecule has 0 aliphatic carbocycles. The molecule has 1 aromatic carbocycles. The second-order valence-corrected chi connectivity index (χ2v) is 5.45. The van der Waals surface area contributed by atoms with Crippen LogP contribution in [0.15, 0.2) is 22.7 Å². The predicted molar refractivity (Wildman–Crippen MR) is 77.6 cm³/mol. The predicted octanol–water partition coefficient (Wildman–Crippen LogP) is 3.60. The number of nitrogens with zero attached hydrogens (tertiary/aromatic N) is 2. The van der Waals surface area contributed by atoms with E-state index in [4.69, 9.17) is 11.6 Å². The number of anilines is 1. The third-order valence-electron chi connectivity index (χ3n) is 2.45. The highest BCUT2D eigenvalue weighted by Gasteiger charge is 2.15. The first kappa shape index (κ1) is 14.0. The first-order valence-corrected chi connectivity index (χ1v) is 6.83. The van der Waals surface area contributed by atoms with Gasteiger partial charge in [-0.05, 0) is 28.1 Å². The molecule has 0 aliphatic rings. The molecule has 100 valence electrons. The topological polar surface area (TPSA) is 70.7 Å². The molecule has 0 fully saturated rings. The summed E-state index contributed by atoms with van der Waals surface area (Å²) in [5.41, 5.74) is 0.577. The summed E-state index contributed by atoms with van der Waals surface area (Å²) in [6.45, 7) is 3.94. The van der Waals surface area contributed by atoms with Gasteiger partial charge in [-0.15, -0.1) is 5.10 Å². The van der Waals surface area contributed by atoms with Crippen molar-refractivity contribution < 1.29 is 4.79 Å². The van der Waals surface area contributed by atoms with Crippen LogP contribution in [0.25, 0.3) is 0 Å². The van der Waals surface area contributed by atoms with Gasteiger partial charge in [-0.1, -0.05) is 31.5 Å². The van der Waals surface area contributed by atoms with Gasteiger partial charge in [0.15, 0.2) is 0 Å². The number of nitrogens with one attached hydrogen (secondary N) is 2. The summed E-state index contributed by atoms with van der Waals surface area (Å²) in [5, 5.41) is 9.86. The van der Waals surface area contributed by atoms with Crippen molar-refractivity contribution in [1.29, 1.82) is 0 Å². The van der Waals surface area contributed by atoms with Crippen LogP contribution in [0.5, 0.6) is 0 Å². The Bertz CT molecular complexity index is 612. The lowest BCUT2D eigenvalue weighted by Crippen LogP contribution is -2.14. The van der Waals surface area contributed by atoms with Gasteiger partial charge < -0.3 is 5.32 Å². The Hall–Kier alpha value is -1.40. The molecule has 0 saturated heterocycles. The maximum Gasteiger partial charge on any atom is 0.295 e. The van der Waals surface area contributed by atoms with Crippen LogP contribution in [0.4, 0.5) is 5.69 Å². The Morgan fingerprint density at radius 1 is 1.47 bits per heavy atom. The van der Waals surface area contributed by atoms with Gasteiger partial charge in [-0.2, -0.15) is 0 Å². The second-order valence-electron chi connectivity index (χ2n) is 4.25. The molecule has 0 aliphatic heterocycles. The normalized spacial score (nSPS) is 10.8. The number of hydrogen-bond donors (Lipinski definition) is 2. The molecule has 0 saturated carbocycles. The lowest BCUT2D eigenvalue weighted by molar-refractivity contribution is 0.101. The van der Waals surface area contributed by atoms with Crippen molar-refractivity contribution in [2.24, 2.45) is 0 Å². The van der Waals surface area contributed by atoms with Crippen LogP contribution in [0.1, 0.15) is 36.2 Å². The molecular weight excluding hydrogens is 332 g/mol. The first-order chi connectivity index (χ1) is 8.99. The Balaban J connectivity index is 2.18. The quantitative estimate of drug-likeness (QED) is 0.894. The summed E-state index contributed by atoms with van der Waals surface area (Å²) in [4.78, 5) is 16.1. The molecule has 1 heterocycles. The minimum Gasteiger partial charge on any atom is -0.318 e. The molecule has 1 amide bonds. The number of aromatic nitrogens is 3. The third-order valence-corrected chi connectivity index (χ3v) is 3.85. The van der Waals surface area contributed by atoms with Gasteiger partial charge in [0.25, 0.3) is 5.91 Å². The van der Waals surface area contributed by atoms with Gasteiger partial charge in [0, 0.05) is 5.92 Å². The maximum absolute atomic E-state index is 12.0. The van der Waals surface area contributed by atoms with E-state index in [9.17, 15) is 4.79 Å². The smallest absolute Gasteiger partial charge is 0.295 e. The highest BCUT2D eigenvalue weighted by atomic mass is 79.9. The molecule has 0 spiro atoms. The van der Waals surface area contributed by atoms with E-state index in [1.165, 1.54) is 0 Å². The van der Waals surface area contributed by atoms with E-state index in [1.807, 2.05) is 13.8 Å². The van der Waals surface area contributed by atoms with Gasteiger partial charge in [0.1, 0.15) is 5.82 Å². The molecule has 0 bridgehead atoms. The van der Waals surface area contributed by atoms with Crippen molar-refractivity contribution in [2.45, 2.75) is 19.8 Å². The van der Waals surface area contributed by atoms with E-state index in [0.29, 0.717) is 21.0 Å². The first-order valence-electron chi connectivity index (χ1n) is 5.66.